The Bertz CT molecular complexity index is 897. The third-order valence-electron chi connectivity index (χ3n) is 3.50. The molecule has 0 saturated carbocycles. The minimum atomic E-state index is -2.33. The van der Waals surface area contributed by atoms with Crippen LogP contribution in [0.4, 0.5) is 4.39 Å². The van der Waals surface area contributed by atoms with Crippen molar-refractivity contribution < 1.29 is 13.9 Å². The number of hydrogen-bond donors (Lipinski definition) is 0. The van der Waals surface area contributed by atoms with E-state index in [2.05, 4.69) is 10.1 Å². The molecule has 8 heteroatoms. The van der Waals surface area contributed by atoms with Crippen LogP contribution in [-0.2, 0) is 5.79 Å². The first-order chi connectivity index (χ1) is 11.9. The number of carbonyl (C=O) groups excluding carboxylic acids is 1. The van der Waals surface area contributed by atoms with Crippen molar-refractivity contribution in [3.63, 3.8) is 0 Å². The van der Waals surface area contributed by atoms with Gasteiger partial charge >= 0.3 is 0 Å². The van der Waals surface area contributed by atoms with Gasteiger partial charge in [0.15, 0.2) is 0 Å². The van der Waals surface area contributed by atoms with Crippen LogP contribution in [0.1, 0.15) is 17.3 Å². The number of ether oxygens (including phenoxy) is 1. The summed E-state index contributed by atoms with van der Waals surface area (Å²) in [4.78, 5) is 16.0. The van der Waals surface area contributed by atoms with Crippen molar-refractivity contribution in [1.29, 1.82) is 0 Å². The molecule has 1 aromatic heterocycles. The Morgan fingerprint density at radius 1 is 1.20 bits per heavy atom. The summed E-state index contributed by atoms with van der Waals surface area (Å²) in [7, 11) is 0. The van der Waals surface area contributed by atoms with E-state index in [0.29, 0.717) is 21.5 Å². The first-order valence-electron chi connectivity index (χ1n) is 7.20. The third-order valence-corrected chi connectivity index (χ3v) is 4.03. The van der Waals surface area contributed by atoms with E-state index in [1.165, 1.54) is 12.1 Å². The molecule has 0 radical (unpaired) electrons. The number of rotatable bonds is 5. The van der Waals surface area contributed by atoms with E-state index in [1.807, 2.05) is 0 Å². The smallest absolute Gasteiger partial charge is 0.262 e. The van der Waals surface area contributed by atoms with Crippen LogP contribution in [0, 0.1) is 0 Å². The predicted molar refractivity (Wildman–Crippen MR) is 92.1 cm³/mol. The highest BCUT2D eigenvalue weighted by atomic mass is 35.5. The summed E-state index contributed by atoms with van der Waals surface area (Å²) in [5.74, 6) is -2.21. The molecule has 128 valence electrons. The van der Waals surface area contributed by atoms with Gasteiger partial charge in [0.25, 0.3) is 5.79 Å². The second kappa shape index (κ2) is 6.82. The summed E-state index contributed by atoms with van der Waals surface area (Å²) < 4.78 is 21.2. The number of hydrogen-bond acceptors (Lipinski definition) is 4. The summed E-state index contributed by atoms with van der Waals surface area (Å²) in [6.45, 7) is 1.13. The molecule has 0 amide bonds. The average molecular weight is 380 g/mol. The highest BCUT2D eigenvalue weighted by Crippen LogP contribution is 2.32. The second-order valence-electron chi connectivity index (χ2n) is 5.32. The number of ketones is 1. The Morgan fingerprint density at radius 2 is 1.92 bits per heavy atom. The van der Waals surface area contributed by atoms with Crippen LogP contribution in [0.2, 0.25) is 10.0 Å². The first kappa shape index (κ1) is 17.4. The highest BCUT2D eigenvalue weighted by molar-refractivity contribution is 6.35. The number of halogens is 3. The number of aromatic nitrogens is 3. The lowest BCUT2D eigenvalue weighted by atomic mass is 10.0. The fraction of sp³-hybridized carbons (Fsp3) is 0.118. The van der Waals surface area contributed by atoms with Crippen LogP contribution in [0.3, 0.4) is 0 Å². The maximum atomic E-state index is 14.7. The van der Waals surface area contributed by atoms with E-state index in [1.54, 1.807) is 30.3 Å². The van der Waals surface area contributed by atoms with Crippen molar-refractivity contribution >= 4 is 29.0 Å². The Labute approximate surface area is 153 Å². The van der Waals surface area contributed by atoms with Gasteiger partial charge in [-0.3, -0.25) is 4.79 Å². The molecule has 3 aromatic rings. The van der Waals surface area contributed by atoms with Gasteiger partial charge in [0.2, 0.25) is 5.78 Å². The van der Waals surface area contributed by atoms with E-state index in [9.17, 15) is 9.18 Å². The van der Waals surface area contributed by atoms with Crippen molar-refractivity contribution in [3.8, 4) is 11.5 Å². The molecule has 0 bridgehead atoms. The standard InChI is InChI=1S/C17H12Cl2FN3O2/c1-17(20,23-10-21-9-22-23)16(24)11-2-5-13(6-3-11)25-15-7-4-12(18)8-14(15)19/h2-10H,1H3. The van der Waals surface area contributed by atoms with Gasteiger partial charge in [0, 0.05) is 10.6 Å². The topological polar surface area (TPSA) is 57.0 Å². The first-order valence-corrected chi connectivity index (χ1v) is 7.95. The fourth-order valence-corrected chi connectivity index (χ4v) is 2.60. The summed E-state index contributed by atoms with van der Waals surface area (Å²) in [5, 5.41) is 4.54. The minimum Gasteiger partial charge on any atom is -0.456 e. The van der Waals surface area contributed by atoms with Gasteiger partial charge in [0.05, 0.1) is 5.02 Å². The molecule has 0 aliphatic carbocycles. The molecule has 0 spiro atoms. The summed E-state index contributed by atoms with van der Waals surface area (Å²) in [5.41, 5.74) is 0.176. The zero-order valence-corrected chi connectivity index (χ0v) is 14.5. The third kappa shape index (κ3) is 3.65. The van der Waals surface area contributed by atoms with Gasteiger partial charge < -0.3 is 4.74 Å². The molecule has 0 N–H and O–H groups in total. The van der Waals surface area contributed by atoms with Crippen LogP contribution in [0.25, 0.3) is 0 Å². The van der Waals surface area contributed by atoms with Gasteiger partial charge in [-0.05, 0) is 49.4 Å². The van der Waals surface area contributed by atoms with Gasteiger partial charge in [0.1, 0.15) is 24.2 Å². The number of carbonyl (C=O) groups is 1. The molecule has 0 saturated heterocycles. The monoisotopic (exact) mass is 379 g/mol. The molecule has 0 aliphatic rings. The van der Waals surface area contributed by atoms with Crippen LogP contribution >= 0.6 is 23.2 Å². The summed E-state index contributed by atoms with van der Waals surface area (Å²) in [6.07, 6.45) is 2.32. The Morgan fingerprint density at radius 3 is 2.52 bits per heavy atom. The van der Waals surface area contributed by atoms with Gasteiger partial charge in [-0.25, -0.2) is 14.1 Å². The van der Waals surface area contributed by atoms with Crippen molar-refractivity contribution in [2.24, 2.45) is 0 Å². The predicted octanol–water partition coefficient (Wildman–Crippen LogP) is 4.90. The van der Waals surface area contributed by atoms with Crippen molar-refractivity contribution in [3.05, 3.63) is 70.7 Å². The van der Waals surface area contributed by atoms with E-state index < -0.39 is 11.6 Å². The van der Waals surface area contributed by atoms with E-state index in [4.69, 9.17) is 27.9 Å². The highest BCUT2D eigenvalue weighted by Gasteiger charge is 2.36. The van der Waals surface area contributed by atoms with E-state index in [-0.39, 0.29) is 5.56 Å². The lowest BCUT2D eigenvalue weighted by molar-refractivity contribution is 0.0459. The van der Waals surface area contributed by atoms with Crippen LogP contribution < -0.4 is 4.74 Å². The Kier molecular flexibility index (Phi) is 4.74. The maximum absolute atomic E-state index is 14.7. The largest absolute Gasteiger partial charge is 0.456 e. The van der Waals surface area contributed by atoms with Crippen LogP contribution in [-0.4, -0.2) is 20.5 Å². The quantitative estimate of drug-likeness (QED) is 0.591. The fourth-order valence-electron chi connectivity index (χ4n) is 2.15. The minimum absolute atomic E-state index is 0.176. The van der Waals surface area contributed by atoms with Crippen LogP contribution in [0.15, 0.2) is 55.1 Å². The lowest BCUT2D eigenvalue weighted by Crippen LogP contribution is -2.35. The molecule has 3 rings (SSSR count). The van der Waals surface area contributed by atoms with Crippen molar-refractivity contribution in [2.75, 3.05) is 0 Å². The van der Waals surface area contributed by atoms with Gasteiger partial charge in [-0.15, -0.1) is 0 Å². The Hall–Kier alpha value is -2.44. The van der Waals surface area contributed by atoms with Gasteiger partial charge in [-0.1, -0.05) is 23.2 Å². The molecular weight excluding hydrogens is 368 g/mol. The number of alkyl halides is 1. The SMILES string of the molecule is CC(F)(C(=O)c1ccc(Oc2ccc(Cl)cc2Cl)cc1)n1cncn1. The van der Waals surface area contributed by atoms with Crippen molar-refractivity contribution in [1.82, 2.24) is 14.8 Å². The molecule has 1 heterocycles. The summed E-state index contributed by atoms with van der Waals surface area (Å²) in [6, 6.07) is 10.9. The second-order valence-corrected chi connectivity index (χ2v) is 6.17. The van der Waals surface area contributed by atoms with E-state index in [0.717, 1.165) is 24.3 Å². The molecule has 1 unspecified atom stereocenters. The lowest BCUT2D eigenvalue weighted by Gasteiger charge is -2.19. The van der Waals surface area contributed by atoms with Crippen molar-refractivity contribution in [2.45, 2.75) is 12.7 Å². The number of nitrogens with zero attached hydrogens (tertiary/aromatic N) is 3. The zero-order valence-electron chi connectivity index (χ0n) is 13.0. The normalized spacial score (nSPS) is 13.3. The van der Waals surface area contributed by atoms with Gasteiger partial charge in [-0.2, -0.15) is 5.10 Å². The summed E-state index contributed by atoms with van der Waals surface area (Å²) >= 11 is 11.9. The molecule has 0 fully saturated rings. The molecule has 0 aliphatic heterocycles. The molecule has 5 nitrogen and oxygen atoms in total. The zero-order chi connectivity index (χ0) is 18.0. The van der Waals surface area contributed by atoms with Crippen LogP contribution in [0.5, 0.6) is 11.5 Å². The Balaban J connectivity index is 1.79. The molecule has 2 aromatic carbocycles. The maximum Gasteiger partial charge on any atom is 0.262 e. The molecule has 1 atom stereocenters. The molecule has 25 heavy (non-hydrogen) atoms. The number of Topliss-reactive ketones (excluding diaryl/α,β-unsaturated/α-hetero) is 1. The average Bonchev–Trinajstić information content (AvgIpc) is 3.13. The van der Waals surface area contributed by atoms with E-state index >= 15 is 0 Å². The molecular formula is C17H12Cl2FN3O2. The number of benzene rings is 2.